The van der Waals surface area contributed by atoms with Gasteiger partial charge in [0.05, 0.1) is 17.1 Å². The number of nitrogens with one attached hydrogen (secondary N) is 2. The quantitative estimate of drug-likeness (QED) is 0.446. The monoisotopic (exact) mass is 572 g/mol. The Balaban J connectivity index is 1.40. The third kappa shape index (κ3) is 8.31. The topological polar surface area (TPSA) is 97.9 Å². The Morgan fingerprint density at radius 1 is 1.10 bits per heavy atom. The van der Waals surface area contributed by atoms with Gasteiger partial charge in [0, 0.05) is 59.2 Å². The lowest BCUT2D eigenvalue weighted by Gasteiger charge is -2.42. The van der Waals surface area contributed by atoms with Gasteiger partial charge in [-0.05, 0) is 62.8 Å². The molecule has 11 heteroatoms. The van der Waals surface area contributed by atoms with E-state index in [1.807, 2.05) is 12.1 Å². The van der Waals surface area contributed by atoms with Gasteiger partial charge in [0.1, 0.15) is 5.82 Å². The number of likely N-dealkylation sites (tertiary alicyclic amines) is 2. The Labute approximate surface area is 240 Å². The van der Waals surface area contributed by atoms with Gasteiger partial charge in [0.2, 0.25) is 5.91 Å². The zero-order valence-electron chi connectivity index (χ0n) is 23.9. The van der Waals surface area contributed by atoms with E-state index < -0.39 is 0 Å². The molecule has 0 bridgehead atoms. The molecule has 2 N–H and O–H groups in total. The second-order valence-electron chi connectivity index (χ2n) is 11.4. The highest BCUT2D eigenvalue weighted by Gasteiger charge is 2.34. The van der Waals surface area contributed by atoms with E-state index in [-0.39, 0.29) is 35.5 Å². The lowest BCUT2D eigenvalue weighted by Crippen LogP contribution is -2.56. The molecule has 1 unspecified atom stereocenters. The van der Waals surface area contributed by atoms with Crippen molar-refractivity contribution >= 4 is 34.2 Å². The van der Waals surface area contributed by atoms with Gasteiger partial charge in [-0.15, -0.1) is 0 Å². The fourth-order valence-corrected chi connectivity index (χ4v) is 6.66. The first kappa shape index (κ1) is 30.1. The molecule has 3 heterocycles. The van der Waals surface area contributed by atoms with Crippen LogP contribution in [-0.2, 0) is 11.2 Å². The predicted octanol–water partition coefficient (Wildman–Crippen LogP) is 3.65. The van der Waals surface area contributed by atoms with Crippen LogP contribution in [0.25, 0.3) is 0 Å². The first-order valence-corrected chi connectivity index (χ1v) is 14.8. The van der Waals surface area contributed by atoms with E-state index in [1.165, 1.54) is 30.4 Å². The smallest absolute Gasteiger partial charge is 0.321 e. The predicted molar refractivity (Wildman–Crippen MR) is 155 cm³/mol. The summed E-state index contributed by atoms with van der Waals surface area (Å²) < 4.78 is 13.4. The number of rotatable bonds is 9. The molecule has 2 aliphatic heterocycles. The van der Waals surface area contributed by atoms with Crippen LogP contribution in [-0.4, -0.2) is 96.8 Å². The van der Waals surface area contributed by atoms with E-state index in [0.29, 0.717) is 34.7 Å². The molecule has 9 nitrogen and oxygen atoms in total. The Hall–Kier alpha value is -2.89. The van der Waals surface area contributed by atoms with Crippen LogP contribution in [0, 0.1) is 24.6 Å². The van der Waals surface area contributed by atoms with Gasteiger partial charge in [0.15, 0.2) is 10.9 Å². The summed E-state index contributed by atoms with van der Waals surface area (Å²) in [4.78, 5) is 48.4. The Bertz CT molecular complexity index is 1190. The number of halogens is 1. The number of aryl methyl sites for hydroxylation is 1. The number of carbonyl (C=O) groups is 3. The molecule has 2 fully saturated rings. The molecule has 1 aromatic heterocycles. The number of hydrogen-bond donors (Lipinski definition) is 2. The number of nitrogens with zero attached hydrogens (tertiary/aromatic N) is 4. The van der Waals surface area contributed by atoms with Crippen molar-refractivity contribution in [1.29, 1.82) is 0 Å². The first-order chi connectivity index (χ1) is 19.1. The van der Waals surface area contributed by atoms with Crippen LogP contribution in [0.1, 0.15) is 47.1 Å². The molecular formula is C29H41FN6O3S. The minimum atomic E-state index is -0.329. The number of thiazole rings is 1. The number of ketones is 1. The fraction of sp³-hybridized carbons (Fsp3) is 0.586. The Morgan fingerprint density at radius 2 is 1.85 bits per heavy atom. The highest BCUT2D eigenvalue weighted by Crippen LogP contribution is 2.26. The number of piperidine rings is 2. The summed E-state index contributed by atoms with van der Waals surface area (Å²) in [5.74, 6) is 0.427. The second-order valence-corrected chi connectivity index (χ2v) is 12.4. The number of Topliss-reactive ketones (excluding diaryl/α,β-unsaturated/α-hetero) is 1. The van der Waals surface area contributed by atoms with Crippen LogP contribution >= 0.6 is 11.3 Å². The Morgan fingerprint density at radius 3 is 2.52 bits per heavy atom. The summed E-state index contributed by atoms with van der Waals surface area (Å²) in [5.41, 5.74) is 1.77. The van der Waals surface area contributed by atoms with E-state index in [1.54, 1.807) is 25.9 Å². The van der Waals surface area contributed by atoms with Gasteiger partial charge in [-0.2, -0.15) is 0 Å². The summed E-state index contributed by atoms with van der Waals surface area (Å²) >= 11 is 1.19. The number of anilines is 1. The zero-order valence-corrected chi connectivity index (χ0v) is 24.7. The molecule has 4 rings (SSSR count). The van der Waals surface area contributed by atoms with Crippen molar-refractivity contribution in [1.82, 2.24) is 25.0 Å². The third-order valence-corrected chi connectivity index (χ3v) is 9.04. The molecule has 2 saturated heterocycles. The average Bonchev–Trinajstić information content (AvgIpc) is 3.27. The number of benzene rings is 1. The first-order valence-electron chi connectivity index (χ1n) is 14.0. The lowest BCUT2D eigenvalue weighted by molar-refractivity contribution is -0.130. The van der Waals surface area contributed by atoms with Gasteiger partial charge in [-0.25, -0.2) is 14.2 Å². The summed E-state index contributed by atoms with van der Waals surface area (Å²) in [5, 5.41) is 6.39. The second kappa shape index (κ2) is 13.6. The molecule has 0 saturated carbocycles. The van der Waals surface area contributed by atoms with Crippen molar-refractivity contribution in [3.05, 3.63) is 46.2 Å². The molecule has 0 radical (unpaired) electrons. The van der Waals surface area contributed by atoms with Crippen molar-refractivity contribution in [2.45, 2.75) is 45.6 Å². The molecule has 1 aromatic carbocycles. The maximum absolute atomic E-state index is 13.4. The van der Waals surface area contributed by atoms with Gasteiger partial charge in [0.25, 0.3) is 0 Å². The van der Waals surface area contributed by atoms with Crippen LogP contribution in [0.3, 0.4) is 0 Å². The molecule has 3 atom stereocenters. The maximum Gasteiger partial charge on any atom is 0.321 e. The van der Waals surface area contributed by atoms with Crippen LogP contribution < -0.4 is 10.6 Å². The number of urea groups is 1. The lowest BCUT2D eigenvalue weighted by atomic mass is 9.88. The molecular weight excluding hydrogens is 531 g/mol. The number of hydrogen-bond acceptors (Lipinski definition) is 7. The number of amides is 3. The van der Waals surface area contributed by atoms with E-state index >= 15 is 0 Å². The number of likely N-dealkylation sites (N-methyl/N-ethyl adjacent to an activating group) is 1. The van der Waals surface area contributed by atoms with Crippen LogP contribution in [0.2, 0.25) is 0 Å². The summed E-state index contributed by atoms with van der Waals surface area (Å²) in [6, 6.07) is 6.41. The van der Waals surface area contributed by atoms with Gasteiger partial charge in [-0.3, -0.25) is 19.8 Å². The molecule has 2 aliphatic rings. The van der Waals surface area contributed by atoms with E-state index in [9.17, 15) is 18.8 Å². The molecule has 40 heavy (non-hydrogen) atoms. The SMILES string of the molecule is CC(=O)c1sc(NC(=O)N[C@@H]2CCN(CC(=O)N(C)C)C[C@H]2CN2CCCC(Cc3ccc(F)cc3)C2)nc1C. The van der Waals surface area contributed by atoms with Crippen LogP contribution in [0.15, 0.2) is 24.3 Å². The van der Waals surface area contributed by atoms with Crippen LogP contribution in [0.5, 0.6) is 0 Å². The standard InChI is InChI=1S/C29H41FN6O3S/c1-19-27(20(2)37)40-29(31-19)33-28(39)32-25-11-13-36(18-26(38)34(3)4)17-23(25)16-35-12-5-6-22(15-35)14-21-7-9-24(30)10-8-21/h7-10,22-23,25H,5-6,11-18H2,1-4H3,(H2,31,32,33,39)/t22?,23-,25-/m1/s1. The molecule has 0 spiro atoms. The minimum Gasteiger partial charge on any atom is -0.348 e. The highest BCUT2D eigenvalue weighted by molar-refractivity contribution is 7.17. The van der Waals surface area contributed by atoms with Gasteiger partial charge in [-0.1, -0.05) is 23.5 Å². The maximum atomic E-state index is 13.4. The minimum absolute atomic E-state index is 0.0588. The van der Waals surface area contributed by atoms with Crippen molar-refractivity contribution < 1.29 is 18.8 Å². The highest BCUT2D eigenvalue weighted by atomic mass is 32.1. The van der Waals surface area contributed by atoms with E-state index in [0.717, 1.165) is 57.4 Å². The summed E-state index contributed by atoms with van der Waals surface area (Å²) in [6.45, 7) is 7.83. The zero-order chi connectivity index (χ0) is 28.8. The van der Waals surface area contributed by atoms with Crippen molar-refractivity contribution in [2.75, 3.05) is 58.7 Å². The molecule has 0 aliphatic carbocycles. The largest absolute Gasteiger partial charge is 0.348 e. The number of aromatic nitrogens is 1. The summed E-state index contributed by atoms with van der Waals surface area (Å²) in [7, 11) is 3.54. The number of carbonyl (C=O) groups excluding carboxylic acids is 3. The van der Waals surface area contributed by atoms with Gasteiger partial charge < -0.3 is 15.1 Å². The Kier molecular flexibility index (Phi) is 10.3. The van der Waals surface area contributed by atoms with E-state index in [2.05, 4.69) is 25.4 Å². The average molecular weight is 573 g/mol. The van der Waals surface area contributed by atoms with E-state index in [4.69, 9.17) is 0 Å². The van der Waals surface area contributed by atoms with Gasteiger partial charge >= 0.3 is 6.03 Å². The van der Waals surface area contributed by atoms with Crippen LogP contribution in [0.4, 0.5) is 14.3 Å². The van der Waals surface area contributed by atoms with Crippen molar-refractivity contribution in [2.24, 2.45) is 11.8 Å². The van der Waals surface area contributed by atoms with Crippen molar-refractivity contribution in [3.63, 3.8) is 0 Å². The van der Waals surface area contributed by atoms with Crippen molar-refractivity contribution in [3.8, 4) is 0 Å². The fourth-order valence-electron chi connectivity index (χ4n) is 5.81. The molecule has 218 valence electrons. The molecule has 3 amide bonds. The third-order valence-electron chi connectivity index (χ3n) is 7.86. The summed E-state index contributed by atoms with van der Waals surface area (Å²) in [6.07, 6.45) is 3.90. The molecule has 2 aromatic rings. The normalized spacial score (nSPS) is 22.1.